The molecule has 0 saturated heterocycles. The summed E-state index contributed by atoms with van der Waals surface area (Å²) in [6.45, 7) is 2.73. The van der Waals surface area contributed by atoms with Gasteiger partial charge in [0.05, 0.1) is 6.61 Å². The largest absolute Gasteiger partial charge is 0.494 e. The Kier molecular flexibility index (Phi) is 5.72. The number of rotatable bonds is 5. The van der Waals surface area contributed by atoms with Crippen molar-refractivity contribution in [1.82, 2.24) is 5.32 Å². The molecule has 1 aromatic carbocycles. The number of nitrogens with one attached hydrogen (secondary N) is 1. The number of carbonyl (C=O) groups is 1. The molecule has 1 aliphatic carbocycles. The van der Waals surface area contributed by atoms with Gasteiger partial charge < -0.3 is 10.1 Å². The van der Waals surface area contributed by atoms with Gasteiger partial charge in [0.15, 0.2) is 0 Å². The molecule has 1 aromatic rings. The van der Waals surface area contributed by atoms with Crippen molar-refractivity contribution in [3.05, 3.63) is 29.8 Å². The number of hydrogen-bond acceptors (Lipinski definition) is 2. The van der Waals surface area contributed by atoms with Gasteiger partial charge in [-0.1, -0.05) is 13.0 Å². The number of benzene rings is 1. The van der Waals surface area contributed by atoms with Gasteiger partial charge in [-0.05, 0) is 50.3 Å². The summed E-state index contributed by atoms with van der Waals surface area (Å²) in [6, 6.07) is 7.61. The van der Waals surface area contributed by atoms with Crippen molar-refractivity contribution < 1.29 is 9.53 Å². The van der Waals surface area contributed by atoms with E-state index < -0.39 is 0 Å². The van der Waals surface area contributed by atoms with Crippen LogP contribution in [0.25, 0.3) is 0 Å². The molecule has 0 heterocycles. The quantitative estimate of drug-likeness (QED) is 0.840. The van der Waals surface area contributed by atoms with Gasteiger partial charge >= 0.3 is 0 Å². The van der Waals surface area contributed by atoms with Gasteiger partial charge in [-0.15, -0.1) is 11.6 Å². The lowest BCUT2D eigenvalue weighted by Crippen LogP contribution is -2.37. The average Bonchev–Trinajstić information content (AvgIpc) is 2.48. The summed E-state index contributed by atoms with van der Waals surface area (Å²) in [5, 5.41) is 3.36. The zero-order chi connectivity index (χ0) is 14.4. The summed E-state index contributed by atoms with van der Waals surface area (Å²) >= 11 is 6.08. The van der Waals surface area contributed by atoms with Crippen LogP contribution in [0.3, 0.4) is 0 Å². The van der Waals surface area contributed by atoms with Gasteiger partial charge in [0, 0.05) is 17.0 Å². The third kappa shape index (κ3) is 4.41. The molecule has 0 unspecified atom stereocenters. The SMILES string of the molecule is CCCOc1cccc(C(=O)NC2CCC(Cl)CC2)c1. The molecular formula is C16H22ClNO2. The van der Waals surface area contributed by atoms with Crippen molar-refractivity contribution in [2.24, 2.45) is 0 Å². The number of ether oxygens (including phenoxy) is 1. The molecule has 1 aliphatic rings. The summed E-state index contributed by atoms with van der Waals surface area (Å²) in [6.07, 6.45) is 4.84. The van der Waals surface area contributed by atoms with Crippen molar-refractivity contribution in [3.63, 3.8) is 0 Å². The van der Waals surface area contributed by atoms with Crippen molar-refractivity contribution in [2.75, 3.05) is 6.61 Å². The first kappa shape index (κ1) is 15.2. The minimum absolute atomic E-state index is 0.0232. The molecule has 0 radical (unpaired) electrons. The molecule has 0 bridgehead atoms. The Hall–Kier alpha value is -1.22. The van der Waals surface area contributed by atoms with E-state index in [2.05, 4.69) is 12.2 Å². The zero-order valence-electron chi connectivity index (χ0n) is 11.9. The molecule has 1 N–H and O–H groups in total. The lowest BCUT2D eigenvalue weighted by molar-refractivity contribution is 0.0927. The highest BCUT2D eigenvalue weighted by molar-refractivity contribution is 6.20. The Balaban J connectivity index is 1.91. The maximum Gasteiger partial charge on any atom is 0.251 e. The van der Waals surface area contributed by atoms with E-state index in [-0.39, 0.29) is 17.3 Å². The fourth-order valence-corrected chi connectivity index (χ4v) is 2.66. The van der Waals surface area contributed by atoms with Gasteiger partial charge in [0.2, 0.25) is 0 Å². The smallest absolute Gasteiger partial charge is 0.251 e. The standard InChI is InChI=1S/C16H22ClNO2/c1-2-10-20-15-5-3-4-12(11-15)16(19)18-14-8-6-13(17)7-9-14/h3-5,11,13-14H,2,6-10H2,1H3,(H,18,19). The van der Waals surface area contributed by atoms with E-state index in [9.17, 15) is 4.79 Å². The molecular weight excluding hydrogens is 274 g/mol. The third-order valence-electron chi connectivity index (χ3n) is 3.56. The minimum atomic E-state index is -0.0232. The highest BCUT2D eigenvalue weighted by Gasteiger charge is 2.21. The molecule has 2 rings (SSSR count). The zero-order valence-corrected chi connectivity index (χ0v) is 12.7. The van der Waals surface area contributed by atoms with E-state index >= 15 is 0 Å². The predicted octanol–water partition coefficient (Wildman–Crippen LogP) is 3.76. The number of amides is 1. The van der Waals surface area contributed by atoms with Crippen LogP contribution >= 0.6 is 11.6 Å². The van der Waals surface area contributed by atoms with Crippen molar-refractivity contribution >= 4 is 17.5 Å². The second kappa shape index (κ2) is 7.53. The summed E-state index contributed by atoms with van der Waals surface area (Å²) in [5.41, 5.74) is 0.659. The highest BCUT2D eigenvalue weighted by Crippen LogP contribution is 2.23. The predicted molar refractivity (Wildman–Crippen MR) is 81.6 cm³/mol. The van der Waals surface area contributed by atoms with Gasteiger partial charge in [-0.3, -0.25) is 4.79 Å². The van der Waals surface area contributed by atoms with E-state index in [4.69, 9.17) is 16.3 Å². The maximum atomic E-state index is 12.2. The molecule has 3 nitrogen and oxygen atoms in total. The molecule has 1 saturated carbocycles. The second-order valence-electron chi connectivity index (χ2n) is 5.30. The van der Waals surface area contributed by atoms with Crippen molar-refractivity contribution in [1.29, 1.82) is 0 Å². The van der Waals surface area contributed by atoms with E-state index in [0.29, 0.717) is 12.2 Å². The number of carbonyl (C=O) groups excluding carboxylic acids is 1. The maximum absolute atomic E-state index is 12.2. The van der Waals surface area contributed by atoms with Gasteiger partial charge in [0.1, 0.15) is 5.75 Å². The lowest BCUT2D eigenvalue weighted by atomic mass is 9.95. The second-order valence-corrected chi connectivity index (χ2v) is 5.92. The van der Waals surface area contributed by atoms with E-state index in [1.54, 1.807) is 6.07 Å². The van der Waals surface area contributed by atoms with Crippen molar-refractivity contribution in [2.45, 2.75) is 50.4 Å². The molecule has 0 atom stereocenters. The summed E-state index contributed by atoms with van der Waals surface area (Å²) in [4.78, 5) is 12.2. The Morgan fingerprint density at radius 1 is 1.35 bits per heavy atom. The first-order valence-electron chi connectivity index (χ1n) is 7.37. The van der Waals surface area contributed by atoms with Crippen LogP contribution < -0.4 is 10.1 Å². The number of alkyl halides is 1. The molecule has 20 heavy (non-hydrogen) atoms. The normalized spacial score (nSPS) is 22.3. The summed E-state index contributed by atoms with van der Waals surface area (Å²) < 4.78 is 5.55. The molecule has 1 fully saturated rings. The first-order chi connectivity index (χ1) is 9.69. The molecule has 4 heteroatoms. The van der Waals surface area contributed by atoms with Crippen molar-refractivity contribution in [3.8, 4) is 5.75 Å². The Morgan fingerprint density at radius 3 is 2.80 bits per heavy atom. The fourth-order valence-electron chi connectivity index (χ4n) is 2.41. The average molecular weight is 296 g/mol. The topological polar surface area (TPSA) is 38.3 Å². The van der Waals surface area contributed by atoms with Gasteiger partial charge in [-0.25, -0.2) is 0 Å². The Morgan fingerprint density at radius 2 is 2.10 bits per heavy atom. The minimum Gasteiger partial charge on any atom is -0.494 e. The van der Waals surface area contributed by atoms with Crippen LogP contribution in [0.2, 0.25) is 0 Å². The highest BCUT2D eigenvalue weighted by atomic mass is 35.5. The molecule has 1 amide bonds. The van der Waals surface area contributed by atoms with Gasteiger partial charge in [0.25, 0.3) is 5.91 Å². The van der Waals surface area contributed by atoms with Gasteiger partial charge in [-0.2, -0.15) is 0 Å². The molecule has 110 valence electrons. The third-order valence-corrected chi connectivity index (χ3v) is 4.00. The Bertz CT molecular complexity index is 442. The van der Waals surface area contributed by atoms with Crippen LogP contribution in [0.15, 0.2) is 24.3 Å². The summed E-state index contributed by atoms with van der Waals surface area (Å²) in [5.74, 6) is 0.730. The Labute approximate surface area is 125 Å². The lowest BCUT2D eigenvalue weighted by Gasteiger charge is -2.25. The summed E-state index contributed by atoms with van der Waals surface area (Å²) in [7, 11) is 0. The van der Waals surface area contributed by atoms with Crippen LogP contribution in [0.4, 0.5) is 0 Å². The van der Waals surface area contributed by atoms with Crippen LogP contribution in [0.5, 0.6) is 5.75 Å². The molecule has 0 aliphatic heterocycles. The molecule has 0 aromatic heterocycles. The number of hydrogen-bond donors (Lipinski definition) is 1. The molecule has 0 spiro atoms. The monoisotopic (exact) mass is 295 g/mol. The number of halogens is 1. The van der Waals surface area contributed by atoms with E-state index in [0.717, 1.165) is 37.9 Å². The van der Waals surface area contributed by atoms with Crippen LogP contribution in [0, 0.1) is 0 Å². The van der Waals surface area contributed by atoms with Crippen LogP contribution in [-0.4, -0.2) is 23.9 Å². The van der Waals surface area contributed by atoms with Crippen LogP contribution in [-0.2, 0) is 0 Å². The van der Waals surface area contributed by atoms with E-state index in [1.807, 2.05) is 18.2 Å². The first-order valence-corrected chi connectivity index (χ1v) is 7.80. The van der Waals surface area contributed by atoms with E-state index in [1.165, 1.54) is 0 Å². The van der Waals surface area contributed by atoms with Crippen LogP contribution in [0.1, 0.15) is 49.4 Å². The fraction of sp³-hybridized carbons (Fsp3) is 0.562.